The van der Waals surface area contributed by atoms with Gasteiger partial charge in [-0.25, -0.2) is 4.39 Å². The molecule has 21 heavy (non-hydrogen) atoms. The lowest BCUT2D eigenvalue weighted by Gasteiger charge is -2.12. The molecule has 2 aromatic rings. The maximum Gasteiger partial charge on any atom is 0.221 e. The highest BCUT2D eigenvalue weighted by Gasteiger charge is 2.06. The lowest BCUT2D eigenvalue weighted by atomic mass is 10.1. The summed E-state index contributed by atoms with van der Waals surface area (Å²) >= 11 is 0. The first-order valence-corrected chi connectivity index (χ1v) is 6.98. The van der Waals surface area contributed by atoms with Crippen LogP contribution >= 0.6 is 0 Å². The van der Waals surface area contributed by atoms with Crippen molar-refractivity contribution in [3.63, 3.8) is 0 Å². The van der Waals surface area contributed by atoms with Crippen LogP contribution in [0.1, 0.15) is 25.0 Å². The van der Waals surface area contributed by atoms with E-state index in [1.165, 1.54) is 18.6 Å². The van der Waals surface area contributed by atoms with Crippen LogP contribution in [0.5, 0.6) is 0 Å². The van der Waals surface area contributed by atoms with E-state index >= 15 is 0 Å². The van der Waals surface area contributed by atoms with Gasteiger partial charge in [-0.05, 0) is 35.7 Å². The fourth-order valence-corrected chi connectivity index (χ4v) is 2.21. The molecular weight excluding hydrogens is 267 g/mol. The minimum Gasteiger partial charge on any atom is -0.379 e. The molecule has 0 unspecified atom stereocenters. The van der Waals surface area contributed by atoms with E-state index in [-0.39, 0.29) is 11.7 Å². The second-order valence-corrected chi connectivity index (χ2v) is 4.85. The van der Waals surface area contributed by atoms with E-state index in [2.05, 4.69) is 23.6 Å². The number of aryl methyl sites for hydroxylation is 1. The van der Waals surface area contributed by atoms with Crippen molar-refractivity contribution >= 4 is 17.3 Å². The van der Waals surface area contributed by atoms with Gasteiger partial charge >= 0.3 is 0 Å². The van der Waals surface area contributed by atoms with Crippen LogP contribution in [0.3, 0.4) is 0 Å². The average molecular weight is 286 g/mol. The average Bonchev–Trinajstić information content (AvgIpc) is 2.47. The predicted molar refractivity (Wildman–Crippen MR) is 83.9 cm³/mol. The number of anilines is 2. The van der Waals surface area contributed by atoms with Gasteiger partial charge in [-0.3, -0.25) is 4.79 Å². The summed E-state index contributed by atoms with van der Waals surface area (Å²) in [6.07, 6.45) is 0.937. The molecule has 2 N–H and O–H groups in total. The fraction of sp³-hybridized carbons (Fsp3) is 0.235. The molecule has 0 radical (unpaired) electrons. The Bertz CT molecular complexity index is 640. The zero-order chi connectivity index (χ0) is 15.2. The lowest BCUT2D eigenvalue weighted by Crippen LogP contribution is -2.08. The Balaban J connectivity index is 2.13. The minimum atomic E-state index is -0.335. The van der Waals surface area contributed by atoms with Crippen LogP contribution in [0.2, 0.25) is 0 Å². The summed E-state index contributed by atoms with van der Waals surface area (Å²) < 4.78 is 13.8. The normalized spacial score (nSPS) is 10.2. The molecule has 0 saturated carbocycles. The van der Waals surface area contributed by atoms with Gasteiger partial charge in [0.25, 0.3) is 0 Å². The number of halogens is 1. The Hall–Kier alpha value is -2.36. The standard InChI is InChI=1S/C17H19FN2O/c1-3-13-6-4-5-7-14(13)11-19-17-10-15(20-12(2)21)8-9-16(17)18/h4-10,19H,3,11H2,1-2H3,(H,20,21). The molecule has 0 saturated heterocycles. The molecule has 1 amide bonds. The fourth-order valence-electron chi connectivity index (χ4n) is 2.21. The van der Waals surface area contributed by atoms with Crippen molar-refractivity contribution in [3.05, 3.63) is 59.4 Å². The number of amides is 1. The molecule has 2 aromatic carbocycles. The summed E-state index contributed by atoms with van der Waals surface area (Å²) in [6, 6.07) is 12.6. The zero-order valence-corrected chi connectivity index (χ0v) is 12.2. The van der Waals surface area contributed by atoms with Crippen molar-refractivity contribution in [2.45, 2.75) is 26.8 Å². The molecule has 0 spiro atoms. The van der Waals surface area contributed by atoms with Crippen molar-refractivity contribution in [1.82, 2.24) is 0 Å². The van der Waals surface area contributed by atoms with Crippen molar-refractivity contribution in [2.24, 2.45) is 0 Å². The van der Waals surface area contributed by atoms with E-state index < -0.39 is 0 Å². The van der Waals surface area contributed by atoms with Gasteiger partial charge in [0, 0.05) is 19.2 Å². The largest absolute Gasteiger partial charge is 0.379 e. The number of nitrogens with one attached hydrogen (secondary N) is 2. The Labute approximate surface area is 124 Å². The quantitative estimate of drug-likeness (QED) is 0.873. The van der Waals surface area contributed by atoms with E-state index in [1.807, 2.05) is 18.2 Å². The molecule has 4 heteroatoms. The summed E-state index contributed by atoms with van der Waals surface area (Å²) in [5.74, 6) is -0.512. The smallest absolute Gasteiger partial charge is 0.221 e. The SMILES string of the molecule is CCc1ccccc1CNc1cc(NC(C)=O)ccc1F. The molecule has 0 atom stereocenters. The number of hydrogen-bond donors (Lipinski definition) is 2. The van der Waals surface area contributed by atoms with Crippen LogP contribution in [0.4, 0.5) is 15.8 Å². The summed E-state index contributed by atoms with van der Waals surface area (Å²) in [4.78, 5) is 11.0. The van der Waals surface area contributed by atoms with Crippen molar-refractivity contribution in [2.75, 3.05) is 10.6 Å². The first kappa shape index (κ1) is 15.0. The van der Waals surface area contributed by atoms with Gasteiger partial charge in [0.2, 0.25) is 5.91 Å². The Kier molecular flexibility index (Phi) is 4.93. The van der Waals surface area contributed by atoms with E-state index in [9.17, 15) is 9.18 Å². The van der Waals surface area contributed by atoms with E-state index in [4.69, 9.17) is 0 Å². The molecule has 0 aromatic heterocycles. The van der Waals surface area contributed by atoms with Crippen LogP contribution in [-0.2, 0) is 17.8 Å². The van der Waals surface area contributed by atoms with Gasteiger partial charge in [0.05, 0.1) is 5.69 Å². The number of benzene rings is 2. The summed E-state index contributed by atoms with van der Waals surface area (Å²) in [5.41, 5.74) is 3.34. The third-order valence-electron chi connectivity index (χ3n) is 3.26. The summed E-state index contributed by atoms with van der Waals surface area (Å²) in [6.45, 7) is 4.06. The maximum absolute atomic E-state index is 13.8. The highest BCUT2D eigenvalue weighted by Crippen LogP contribution is 2.21. The topological polar surface area (TPSA) is 41.1 Å². The third kappa shape index (κ3) is 4.05. The molecule has 0 heterocycles. The third-order valence-corrected chi connectivity index (χ3v) is 3.26. The maximum atomic E-state index is 13.8. The first-order valence-electron chi connectivity index (χ1n) is 6.98. The van der Waals surface area contributed by atoms with Crippen LogP contribution in [0.15, 0.2) is 42.5 Å². The van der Waals surface area contributed by atoms with Gasteiger partial charge < -0.3 is 10.6 Å². The number of rotatable bonds is 5. The van der Waals surface area contributed by atoms with Crippen LogP contribution in [0, 0.1) is 5.82 Å². The molecule has 0 aliphatic heterocycles. The second kappa shape index (κ2) is 6.88. The Morgan fingerprint density at radius 3 is 2.52 bits per heavy atom. The molecule has 3 nitrogen and oxygen atoms in total. The van der Waals surface area contributed by atoms with E-state index in [0.29, 0.717) is 17.9 Å². The monoisotopic (exact) mass is 286 g/mol. The molecule has 0 aliphatic rings. The lowest BCUT2D eigenvalue weighted by molar-refractivity contribution is -0.114. The van der Waals surface area contributed by atoms with Crippen molar-refractivity contribution < 1.29 is 9.18 Å². The van der Waals surface area contributed by atoms with Crippen molar-refractivity contribution in [3.8, 4) is 0 Å². The van der Waals surface area contributed by atoms with Gasteiger partial charge in [-0.1, -0.05) is 31.2 Å². The molecule has 2 rings (SSSR count). The van der Waals surface area contributed by atoms with E-state index in [0.717, 1.165) is 12.0 Å². The van der Waals surface area contributed by atoms with Crippen LogP contribution in [-0.4, -0.2) is 5.91 Å². The molecule has 0 bridgehead atoms. The molecular formula is C17H19FN2O. The van der Waals surface area contributed by atoms with Crippen LogP contribution < -0.4 is 10.6 Å². The van der Waals surface area contributed by atoms with Crippen LogP contribution in [0.25, 0.3) is 0 Å². The van der Waals surface area contributed by atoms with Gasteiger partial charge in [0.1, 0.15) is 5.82 Å². The molecule has 0 aliphatic carbocycles. The number of hydrogen-bond acceptors (Lipinski definition) is 2. The minimum absolute atomic E-state index is 0.177. The zero-order valence-electron chi connectivity index (χ0n) is 12.2. The second-order valence-electron chi connectivity index (χ2n) is 4.85. The Morgan fingerprint density at radius 2 is 1.86 bits per heavy atom. The summed E-state index contributed by atoms with van der Waals surface area (Å²) in [5, 5.41) is 5.74. The number of carbonyl (C=O) groups is 1. The van der Waals surface area contributed by atoms with Gasteiger partial charge in [-0.15, -0.1) is 0 Å². The highest BCUT2D eigenvalue weighted by molar-refractivity contribution is 5.89. The first-order chi connectivity index (χ1) is 10.1. The van der Waals surface area contributed by atoms with Crippen molar-refractivity contribution in [1.29, 1.82) is 0 Å². The summed E-state index contributed by atoms with van der Waals surface area (Å²) in [7, 11) is 0. The molecule has 110 valence electrons. The van der Waals surface area contributed by atoms with Gasteiger partial charge in [-0.2, -0.15) is 0 Å². The predicted octanol–water partition coefficient (Wildman–Crippen LogP) is 3.96. The number of carbonyl (C=O) groups excluding carboxylic acids is 1. The van der Waals surface area contributed by atoms with E-state index in [1.54, 1.807) is 12.1 Å². The Morgan fingerprint density at radius 1 is 1.14 bits per heavy atom. The van der Waals surface area contributed by atoms with Gasteiger partial charge in [0.15, 0.2) is 0 Å². The molecule has 0 fully saturated rings. The highest BCUT2D eigenvalue weighted by atomic mass is 19.1.